The third-order valence-corrected chi connectivity index (χ3v) is 1.90. The molecule has 0 aromatic heterocycles. The van der Waals surface area contributed by atoms with Crippen molar-refractivity contribution in [2.24, 2.45) is 5.41 Å². The molecule has 3 heteroatoms. The number of aliphatic hydroxyl groups excluding tert-OH is 3. The molecule has 0 aromatic rings. The van der Waals surface area contributed by atoms with Crippen LogP contribution in [0.4, 0.5) is 0 Å². The molecule has 11 heavy (non-hydrogen) atoms. The number of aliphatic hydroxyl groups is 3. The third-order valence-electron chi connectivity index (χ3n) is 1.90. The summed E-state index contributed by atoms with van der Waals surface area (Å²) < 4.78 is 0. The summed E-state index contributed by atoms with van der Waals surface area (Å²) in [5, 5.41) is 26.6. The molecular formula is C8H16O3. The maximum atomic E-state index is 9.21. The molecule has 66 valence electrons. The van der Waals surface area contributed by atoms with Crippen LogP contribution < -0.4 is 0 Å². The van der Waals surface area contributed by atoms with Gasteiger partial charge in [0.25, 0.3) is 0 Å². The van der Waals surface area contributed by atoms with E-state index in [4.69, 9.17) is 10.2 Å². The van der Waals surface area contributed by atoms with Gasteiger partial charge in [-0.1, -0.05) is 19.1 Å². The highest BCUT2D eigenvalue weighted by atomic mass is 16.3. The summed E-state index contributed by atoms with van der Waals surface area (Å²) in [6, 6.07) is 0. The summed E-state index contributed by atoms with van der Waals surface area (Å²) in [6.45, 7) is 3.14. The molecule has 2 atom stereocenters. The summed E-state index contributed by atoms with van der Waals surface area (Å²) in [7, 11) is 0. The molecule has 3 nitrogen and oxygen atoms in total. The van der Waals surface area contributed by atoms with E-state index in [2.05, 4.69) is 0 Å². The summed E-state index contributed by atoms with van der Waals surface area (Å²) in [5.41, 5.74) is -0.636. The lowest BCUT2D eigenvalue weighted by atomic mass is 9.86. The van der Waals surface area contributed by atoms with Gasteiger partial charge >= 0.3 is 0 Å². The second-order valence-corrected chi connectivity index (χ2v) is 2.92. The van der Waals surface area contributed by atoms with Crippen molar-refractivity contribution in [3.63, 3.8) is 0 Å². The first-order chi connectivity index (χ1) is 5.06. The van der Waals surface area contributed by atoms with Crippen molar-refractivity contribution >= 4 is 0 Å². The van der Waals surface area contributed by atoms with Crippen LogP contribution in [-0.2, 0) is 0 Å². The van der Waals surface area contributed by atoms with Gasteiger partial charge in [-0.05, 0) is 6.92 Å². The van der Waals surface area contributed by atoms with Crippen LogP contribution in [0, 0.1) is 5.41 Å². The Labute approximate surface area is 67.0 Å². The van der Waals surface area contributed by atoms with Gasteiger partial charge in [0.15, 0.2) is 0 Å². The minimum Gasteiger partial charge on any atom is -0.395 e. The van der Waals surface area contributed by atoms with Gasteiger partial charge in [-0.3, -0.25) is 0 Å². The third kappa shape index (κ3) is 3.01. The van der Waals surface area contributed by atoms with E-state index in [-0.39, 0.29) is 13.2 Å². The van der Waals surface area contributed by atoms with Crippen molar-refractivity contribution in [2.45, 2.75) is 20.0 Å². The highest BCUT2D eigenvalue weighted by Crippen LogP contribution is 2.21. The van der Waals surface area contributed by atoms with Crippen LogP contribution in [0.1, 0.15) is 13.8 Å². The van der Waals surface area contributed by atoms with Crippen LogP contribution in [0.3, 0.4) is 0 Å². The predicted molar refractivity (Wildman–Crippen MR) is 43.1 cm³/mol. The van der Waals surface area contributed by atoms with Crippen molar-refractivity contribution in [3.05, 3.63) is 12.2 Å². The zero-order valence-corrected chi connectivity index (χ0v) is 6.99. The first-order valence-electron chi connectivity index (χ1n) is 3.64. The lowest BCUT2D eigenvalue weighted by Crippen LogP contribution is -2.31. The van der Waals surface area contributed by atoms with E-state index in [1.165, 1.54) is 6.08 Å². The van der Waals surface area contributed by atoms with E-state index in [1.807, 2.05) is 0 Å². The van der Waals surface area contributed by atoms with Gasteiger partial charge in [-0.15, -0.1) is 0 Å². The van der Waals surface area contributed by atoms with Crippen molar-refractivity contribution < 1.29 is 15.3 Å². The molecule has 0 unspecified atom stereocenters. The van der Waals surface area contributed by atoms with Crippen molar-refractivity contribution in [1.82, 2.24) is 0 Å². The fraction of sp³-hybridized carbons (Fsp3) is 0.750. The molecule has 0 rings (SSSR count). The monoisotopic (exact) mass is 160 g/mol. The first-order valence-corrected chi connectivity index (χ1v) is 3.64. The van der Waals surface area contributed by atoms with Gasteiger partial charge in [-0.2, -0.15) is 0 Å². The van der Waals surface area contributed by atoms with E-state index in [1.54, 1.807) is 19.9 Å². The Morgan fingerprint density at radius 3 is 2.27 bits per heavy atom. The second-order valence-electron chi connectivity index (χ2n) is 2.92. The van der Waals surface area contributed by atoms with Gasteiger partial charge < -0.3 is 15.3 Å². The normalized spacial score (nSPS) is 20.1. The summed E-state index contributed by atoms with van der Waals surface area (Å²) in [5.74, 6) is 0. The fourth-order valence-corrected chi connectivity index (χ4v) is 0.646. The summed E-state index contributed by atoms with van der Waals surface area (Å²) in [4.78, 5) is 0. The Bertz CT molecular complexity index is 131. The van der Waals surface area contributed by atoms with Gasteiger partial charge in [0.2, 0.25) is 0 Å². The van der Waals surface area contributed by atoms with Crippen molar-refractivity contribution in [2.75, 3.05) is 13.2 Å². The van der Waals surface area contributed by atoms with E-state index < -0.39 is 11.5 Å². The average Bonchev–Trinajstić information content (AvgIpc) is 2.00. The molecule has 0 heterocycles. The SMILES string of the molecule is C[C@H](O)[C@](C)(/C=C/CO)CO. The second kappa shape index (κ2) is 4.49. The zero-order valence-electron chi connectivity index (χ0n) is 6.99. The standard InChI is InChI=1S/C8H16O3/c1-7(11)8(2,6-10)4-3-5-9/h3-4,7,9-11H,5-6H2,1-2H3/b4-3+/t7-,8+/m0/s1. The van der Waals surface area contributed by atoms with Gasteiger partial charge in [0.05, 0.1) is 19.3 Å². The fourth-order valence-electron chi connectivity index (χ4n) is 0.646. The van der Waals surface area contributed by atoms with E-state index in [0.29, 0.717) is 0 Å². The largest absolute Gasteiger partial charge is 0.395 e. The molecular weight excluding hydrogens is 144 g/mol. The molecule has 0 saturated heterocycles. The van der Waals surface area contributed by atoms with Crippen LogP contribution in [0.25, 0.3) is 0 Å². The van der Waals surface area contributed by atoms with Gasteiger partial charge in [-0.25, -0.2) is 0 Å². The molecule has 0 aliphatic carbocycles. The van der Waals surface area contributed by atoms with Gasteiger partial charge in [0, 0.05) is 5.41 Å². The molecule has 0 bridgehead atoms. The molecule has 0 aromatic carbocycles. The maximum Gasteiger partial charge on any atom is 0.0622 e. The predicted octanol–water partition coefficient (Wildman–Crippen LogP) is -0.0857. The molecule has 0 spiro atoms. The number of hydrogen-bond acceptors (Lipinski definition) is 3. The highest BCUT2D eigenvalue weighted by Gasteiger charge is 2.25. The molecule has 0 saturated carbocycles. The lowest BCUT2D eigenvalue weighted by molar-refractivity contribution is 0.0404. The van der Waals surface area contributed by atoms with Crippen LogP contribution >= 0.6 is 0 Å². The maximum absolute atomic E-state index is 9.21. The quantitative estimate of drug-likeness (QED) is 0.504. The summed E-state index contributed by atoms with van der Waals surface area (Å²) >= 11 is 0. The topological polar surface area (TPSA) is 60.7 Å². The number of hydrogen-bond donors (Lipinski definition) is 3. The Kier molecular flexibility index (Phi) is 4.33. The van der Waals surface area contributed by atoms with E-state index in [0.717, 1.165) is 0 Å². The molecule has 0 aliphatic rings. The highest BCUT2D eigenvalue weighted by molar-refractivity contribution is 4.99. The average molecular weight is 160 g/mol. The Morgan fingerprint density at radius 2 is 2.00 bits per heavy atom. The Morgan fingerprint density at radius 1 is 1.45 bits per heavy atom. The Balaban J connectivity index is 4.21. The zero-order chi connectivity index (χ0) is 8.91. The molecule has 0 radical (unpaired) electrons. The number of rotatable bonds is 4. The minimum atomic E-state index is -0.636. The minimum absolute atomic E-state index is 0.0672. The molecule has 3 N–H and O–H groups in total. The van der Waals surface area contributed by atoms with Crippen LogP contribution in [-0.4, -0.2) is 34.6 Å². The summed E-state index contributed by atoms with van der Waals surface area (Å²) in [6.07, 6.45) is 2.52. The van der Waals surface area contributed by atoms with E-state index in [9.17, 15) is 5.11 Å². The van der Waals surface area contributed by atoms with Crippen LogP contribution in [0.5, 0.6) is 0 Å². The van der Waals surface area contributed by atoms with Crippen molar-refractivity contribution in [3.8, 4) is 0 Å². The molecule has 0 fully saturated rings. The van der Waals surface area contributed by atoms with Crippen LogP contribution in [0.15, 0.2) is 12.2 Å². The van der Waals surface area contributed by atoms with Crippen LogP contribution in [0.2, 0.25) is 0 Å². The Hall–Kier alpha value is -0.380. The van der Waals surface area contributed by atoms with Crippen molar-refractivity contribution in [1.29, 1.82) is 0 Å². The molecule has 0 aliphatic heterocycles. The van der Waals surface area contributed by atoms with Gasteiger partial charge in [0.1, 0.15) is 0 Å². The lowest BCUT2D eigenvalue weighted by Gasteiger charge is -2.26. The van der Waals surface area contributed by atoms with E-state index >= 15 is 0 Å². The first kappa shape index (κ1) is 10.6. The smallest absolute Gasteiger partial charge is 0.0622 e. The molecule has 0 amide bonds.